The van der Waals surface area contributed by atoms with E-state index in [0.717, 1.165) is 12.8 Å². The second-order valence-electron chi connectivity index (χ2n) is 3.45. The van der Waals surface area contributed by atoms with Crippen molar-refractivity contribution in [1.82, 2.24) is 0 Å². The van der Waals surface area contributed by atoms with Crippen LogP contribution in [0.4, 0.5) is 0 Å². The third-order valence-corrected chi connectivity index (χ3v) is 3.42. The van der Waals surface area contributed by atoms with Crippen LogP contribution in [0.15, 0.2) is 11.9 Å². The first-order valence-corrected chi connectivity index (χ1v) is 5.88. The van der Waals surface area contributed by atoms with Gasteiger partial charge in [0.25, 0.3) is 0 Å². The molecule has 12 heavy (non-hydrogen) atoms. The second-order valence-corrected chi connectivity index (χ2v) is 5.11. The first kappa shape index (κ1) is 10.0. The summed E-state index contributed by atoms with van der Waals surface area (Å²) in [6, 6.07) is 0. The third kappa shape index (κ3) is 3.12. The highest BCUT2D eigenvalue weighted by Gasteiger charge is 2.16. The molecule has 0 aromatic rings. The standard InChI is InChI=1S/C9H17O2P/c1-8(2)12(10)11-9-6-4-3-5-7-9/h9,12H,1,3-7H2,2H3. The van der Waals surface area contributed by atoms with Crippen molar-refractivity contribution in [2.45, 2.75) is 45.1 Å². The molecule has 3 heteroatoms. The molecule has 0 saturated heterocycles. The van der Waals surface area contributed by atoms with Gasteiger partial charge in [0.1, 0.15) is 0 Å². The van der Waals surface area contributed by atoms with Gasteiger partial charge in [-0.05, 0) is 19.8 Å². The van der Waals surface area contributed by atoms with E-state index in [1.807, 2.05) is 0 Å². The molecule has 1 atom stereocenters. The fraction of sp³-hybridized carbons (Fsp3) is 0.778. The van der Waals surface area contributed by atoms with Crippen LogP contribution < -0.4 is 0 Å². The van der Waals surface area contributed by atoms with Gasteiger partial charge < -0.3 is 4.52 Å². The molecule has 0 bridgehead atoms. The van der Waals surface area contributed by atoms with Gasteiger partial charge in [0.15, 0.2) is 0 Å². The summed E-state index contributed by atoms with van der Waals surface area (Å²) >= 11 is 0. The fourth-order valence-electron chi connectivity index (χ4n) is 1.43. The Morgan fingerprint density at radius 3 is 2.50 bits per heavy atom. The molecular formula is C9H17O2P. The monoisotopic (exact) mass is 188 g/mol. The van der Waals surface area contributed by atoms with E-state index in [4.69, 9.17) is 4.52 Å². The zero-order valence-corrected chi connectivity index (χ0v) is 8.64. The van der Waals surface area contributed by atoms with E-state index >= 15 is 0 Å². The van der Waals surface area contributed by atoms with E-state index in [1.54, 1.807) is 6.92 Å². The third-order valence-electron chi connectivity index (χ3n) is 2.17. The summed E-state index contributed by atoms with van der Waals surface area (Å²) in [6.07, 6.45) is 6.12. The Morgan fingerprint density at radius 1 is 1.42 bits per heavy atom. The van der Waals surface area contributed by atoms with Crippen LogP contribution in [-0.2, 0) is 9.09 Å². The van der Waals surface area contributed by atoms with Gasteiger partial charge in [0, 0.05) is 5.31 Å². The molecule has 0 spiro atoms. The Balaban J connectivity index is 2.29. The lowest BCUT2D eigenvalue weighted by Crippen LogP contribution is -2.12. The van der Waals surface area contributed by atoms with Gasteiger partial charge >= 0.3 is 0 Å². The second kappa shape index (κ2) is 4.84. The maximum Gasteiger partial charge on any atom is 0.216 e. The van der Waals surface area contributed by atoms with Gasteiger partial charge in [0.05, 0.1) is 6.10 Å². The Hall–Kier alpha value is -0.0700. The van der Waals surface area contributed by atoms with Gasteiger partial charge in [0.2, 0.25) is 8.03 Å². The number of allylic oxidation sites excluding steroid dienone is 1. The van der Waals surface area contributed by atoms with Crippen molar-refractivity contribution in [3.63, 3.8) is 0 Å². The van der Waals surface area contributed by atoms with E-state index < -0.39 is 8.03 Å². The molecule has 2 nitrogen and oxygen atoms in total. The average Bonchev–Trinajstić information content (AvgIpc) is 2.06. The van der Waals surface area contributed by atoms with Gasteiger partial charge in [-0.3, -0.25) is 4.57 Å². The van der Waals surface area contributed by atoms with Crippen LogP contribution in [0.5, 0.6) is 0 Å². The van der Waals surface area contributed by atoms with Crippen LogP contribution >= 0.6 is 8.03 Å². The quantitative estimate of drug-likeness (QED) is 0.635. The largest absolute Gasteiger partial charge is 0.324 e. The molecule has 0 radical (unpaired) electrons. The molecule has 1 unspecified atom stereocenters. The van der Waals surface area contributed by atoms with Gasteiger partial charge in [-0.1, -0.05) is 25.8 Å². The molecule has 1 saturated carbocycles. The zero-order valence-electron chi connectivity index (χ0n) is 7.64. The summed E-state index contributed by atoms with van der Waals surface area (Å²) in [7, 11) is -1.95. The van der Waals surface area contributed by atoms with E-state index in [2.05, 4.69) is 6.58 Å². The highest BCUT2D eigenvalue weighted by Crippen LogP contribution is 2.36. The maximum absolute atomic E-state index is 11.3. The van der Waals surface area contributed by atoms with Crippen LogP contribution in [0, 0.1) is 0 Å². The fourth-order valence-corrected chi connectivity index (χ4v) is 2.17. The minimum Gasteiger partial charge on any atom is -0.324 e. The van der Waals surface area contributed by atoms with Crippen molar-refractivity contribution < 1.29 is 9.09 Å². The van der Waals surface area contributed by atoms with Crippen molar-refractivity contribution in [3.8, 4) is 0 Å². The number of hydrogen-bond acceptors (Lipinski definition) is 2. The lowest BCUT2D eigenvalue weighted by Gasteiger charge is -2.21. The maximum atomic E-state index is 11.3. The molecule has 70 valence electrons. The molecular weight excluding hydrogens is 171 g/mol. The molecule has 0 aromatic heterocycles. The molecule has 1 aliphatic rings. The first-order valence-electron chi connectivity index (χ1n) is 4.56. The van der Waals surface area contributed by atoms with E-state index in [0.29, 0.717) is 5.31 Å². The van der Waals surface area contributed by atoms with E-state index in [-0.39, 0.29) is 6.10 Å². The summed E-state index contributed by atoms with van der Waals surface area (Å²) < 4.78 is 16.7. The molecule has 1 fully saturated rings. The molecule has 0 aromatic carbocycles. The summed E-state index contributed by atoms with van der Waals surface area (Å²) in [5.74, 6) is 0. The highest BCUT2D eigenvalue weighted by atomic mass is 31.1. The average molecular weight is 188 g/mol. The predicted octanol–water partition coefficient (Wildman–Crippen LogP) is 3.34. The Bertz CT molecular complexity index is 183. The zero-order chi connectivity index (χ0) is 8.97. The van der Waals surface area contributed by atoms with E-state index in [1.165, 1.54) is 19.3 Å². The van der Waals surface area contributed by atoms with E-state index in [9.17, 15) is 4.57 Å². The first-order chi connectivity index (χ1) is 5.70. The summed E-state index contributed by atoms with van der Waals surface area (Å²) in [5.41, 5.74) is 0. The van der Waals surface area contributed by atoms with Crippen LogP contribution in [-0.4, -0.2) is 6.10 Å². The molecule has 0 aliphatic heterocycles. The lowest BCUT2D eigenvalue weighted by atomic mass is 9.98. The van der Waals surface area contributed by atoms with Crippen molar-refractivity contribution in [2.75, 3.05) is 0 Å². The highest BCUT2D eigenvalue weighted by molar-refractivity contribution is 7.44. The predicted molar refractivity (Wildman–Crippen MR) is 51.8 cm³/mol. The molecule has 0 amide bonds. The van der Waals surface area contributed by atoms with Crippen molar-refractivity contribution >= 4 is 8.03 Å². The van der Waals surface area contributed by atoms with Crippen LogP contribution in [0.25, 0.3) is 0 Å². The summed E-state index contributed by atoms with van der Waals surface area (Å²) in [4.78, 5) is 0. The summed E-state index contributed by atoms with van der Waals surface area (Å²) in [6.45, 7) is 5.40. The number of hydrogen-bond donors (Lipinski definition) is 0. The van der Waals surface area contributed by atoms with Crippen molar-refractivity contribution in [2.24, 2.45) is 0 Å². The minimum absolute atomic E-state index is 0.238. The topological polar surface area (TPSA) is 26.3 Å². The van der Waals surface area contributed by atoms with Gasteiger partial charge in [-0.15, -0.1) is 0 Å². The summed E-state index contributed by atoms with van der Waals surface area (Å²) in [5, 5.41) is 0.686. The lowest BCUT2D eigenvalue weighted by molar-refractivity contribution is 0.167. The smallest absolute Gasteiger partial charge is 0.216 e. The Morgan fingerprint density at radius 2 is 2.00 bits per heavy atom. The van der Waals surface area contributed by atoms with Gasteiger partial charge in [-0.25, -0.2) is 0 Å². The van der Waals surface area contributed by atoms with Crippen LogP contribution in [0.3, 0.4) is 0 Å². The Labute approximate surface area is 74.9 Å². The molecule has 0 N–H and O–H groups in total. The van der Waals surface area contributed by atoms with Crippen molar-refractivity contribution in [1.29, 1.82) is 0 Å². The number of rotatable bonds is 3. The van der Waals surface area contributed by atoms with Gasteiger partial charge in [-0.2, -0.15) is 0 Å². The SMILES string of the molecule is C=C(C)[PH](=O)OC1CCCCC1. The van der Waals surface area contributed by atoms with Crippen LogP contribution in [0.1, 0.15) is 39.0 Å². The normalized spacial score (nSPS) is 22.1. The minimum atomic E-state index is -1.95. The molecule has 0 heterocycles. The Kier molecular flexibility index (Phi) is 4.03. The van der Waals surface area contributed by atoms with Crippen LogP contribution in [0.2, 0.25) is 0 Å². The molecule has 1 aliphatic carbocycles. The van der Waals surface area contributed by atoms with Crippen molar-refractivity contribution in [3.05, 3.63) is 11.9 Å². The molecule has 1 rings (SSSR count).